The smallest absolute Gasteiger partial charge is 0.206 e. The number of aliphatic hydroxyl groups excluding tert-OH is 1. The molecule has 0 radical (unpaired) electrons. The van der Waals surface area contributed by atoms with Gasteiger partial charge in [0.25, 0.3) is 0 Å². The highest BCUT2D eigenvalue weighted by molar-refractivity contribution is 5.51. The van der Waals surface area contributed by atoms with Gasteiger partial charge in [0.1, 0.15) is 0 Å². The van der Waals surface area contributed by atoms with Crippen molar-refractivity contribution in [1.29, 1.82) is 0 Å². The van der Waals surface area contributed by atoms with Gasteiger partial charge in [-0.05, 0) is 49.2 Å². The molecule has 3 heterocycles. The Hall–Kier alpha value is -1.86. The van der Waals surface area contributed by atoms with Crippen molar-refractivity contribution in [2.24, 2.45) is 5.92 Å². The Bertz CT molecular complexity index is 579. The van der Waals surface area contributed by atoms with Crippen LogP contribution < -0.4 is 0 Å². The first-order valence-corrected chi connectivity index (χ1v) is 7.79. The fourth-order valence-corrected chi connectivity index (χ4v) is 2.72. The molecule has 118 valence electrons. The topological polar surface area (TPSA) is 80.0 Å². The molecule has 0 amide bonds. The molecule has 1 aliphatic heterocycles. The summed E-state index contributed by atoms with van der Waals surface area (Å²) in [6.45, 7) is 5.43. The van der Waals surface area contributed by atoms with E-state index in [2.05, 4.69) is 32.2 Å². The summed E-state index contributed by atoms with van der Waals surface area (Å²) < 4.78 is 0. The van der Waals surface area contributed by atoms with Gasteiger partial charge in [0, 0.05) is 24.5 Å². The molecule has 1 saturated heterocycles. The maximum atomic E-state index is 10.2. The zero-order valence-electron chi connectivity index (χ0n) is 12.8. The van der Waals surface area contributed by atoms with E-state index in [-0.39, 0.29) is 0 Å². The number of hydrogen-bond donors (Lipinski definition) is 1. The second-order valence-electron chi connectivity index (χ2n) is 6.05. The van der Waals surface area contributed by atoms with E-state index in [9.17, 15) is 5.11 Å². The van der Waals surface area contributed by atoms with Crippen LogP contribution in [-0.4, -0.2) is 60.9 Å². The van der Waals surface area contributed by atoms with Gasteiger partial charge in [-0.2, -0.15) is 4.80 Å². The van der Waals surface area contributed by atoms with Crippen LogP contribution in [0, 0.1) is 5.92 Å². The van der Waals surface area contributed by atoms with Crippen LogP contribution in [0.1, 0.15) is 19.8 Å². The Morgan fingerprint density at radius 1 is 1.32 bits per heavy atom. The van der Waals surface area contributed by atoms with Crippen LogP contribution in [-0.2, 0) is 6.54 Å². The van der Waals surface area contributed by atoms with Gasteiger partial charge in [0.05, 0.1) is 12.6 Å². The molecule has 7 heteroatoms. The van der Waals surface area contributed by atoms with Gasteiger partial charge in [-0.1, -0.05) is 6.92 Å². The van der Waals surface area contributed by atoms with E-state index in [1.807, 2.05) is 12.1 Å². The largest absolute Gasteiger partial charge is 0.390 e. The molecule has 0 spiro atoms. The Kier molecular flexibility index (Phi) is 4.74. The molecule has 22 heavy (non-hydrogen) atoms. The van der Waals surface area contributed by atoms with Crippen LogP contribution in [0.25, 0.3) is 11.4 Å². The molecular weight excluding hydrogens is 280 g/mol. The van der Waals surface area contributed by atoms with Gasteiger partial charge in [0.15, 0.2) is 0 Å². The van der Waals surface area contributed by atoms with E-state index >= 15 is 0 Å². The summed E-state index contributed by atoms with van der Waals surface area (Å²) in [5.74, 6) is 1.33. The Morgan fingerprint density at radius 2 is 2.14 bits per heavy atom. The highest BCUT2D eigenvalue weighted by Gasteiger charge is 2.19. The minimum absolute atomic E-state index is 0.360. The maximum Gasteiger partial charge on any atom is 0.206 e. The molecule has 3 rings (SSSR count). The van der Waals surface area contributed by atoms with E-state index in [1.54, 1.807) is 12.4 Å². The highest BCUT2D eigenvalue weighted by Crippen LogP contribution is 2.16. The van der Waals surface area contributed by atoms with Crippen molar-refractivity contribution in [2.75, 3.05) is 19.6 Å². The second kappa shape index (κ2) is 6.93. The predicted molar refractivity (Wildman–Crippen MR) is 81.9 cm³/mol. The molecule has 2 aromatic rings. The van der Waals surface area contributed by atoms with Crippen LogP contribution in [0.15, 0.2) is 24.5 Å². The van der Waals surface area contributed by atoms with Crippen LogP contribution in [0.4, 0.5) is 0 Å². The molecule has 0 bridgehead atoms. The van der Waals surface area contributed by atoms with E-state index in [0.717, 1.165) is 24.6 Å². The van der Waals surface area contributed by atoms with Gasteiger partial charge in [-0.25, -0.2) is 0 Å². The quantitative estimate of drug-likeness (QED) is 0.881. The molecule has 7 nitrogen and oxygen atoms in total. The molecule has 1 fully saturated rings. The van der Waals surface area contributed by atoms with E-state index in [0.29, 0.717) is 18.9 Å². The zero-order valence-corrected chi connectivity index (χ0v) is 12.8. The number of aliphatic hydroxyl groups is 1. The zero-order chi connectivity index (χ0) is 15.4. The van der Waals surface area contributed by atoms with Crippen molar-refractivity contribution in [3.8, 4) is 11.4 Å². The van der Waals surface area contributed by atoms with Crippen LogP contribution in [0.2, 0.25) is 0 Å². The maximum absolute atomic E-state index is 10.2. The first kappa shape index (κ1) is 15.1. The number of pyridine rings is 1. The van der Waals surface area contributed by atoms with Crippen molar-refractivity contribution in [2.45, 2.75) is 32.4 Å². The summed E-state index contributed by atoms with van der Waals surface area (Å²) in [5, 5.41) is 22.5. The normalized spacial score (nSPS) is 18.5. The fourth-order valence-electron chi connectivity index (χ4n) is 2.72. The summed E-state index contributed by atoms with van der Waals surface area (Å²) in [6, 6.07) is 3.72. The summed E-state index contributed by atoms with van der Waals surface area (Å²) in [6.07, 6.45) is 5.34. The SMILES string of the molecule is CC1CCN(CC(O)Cn2nnc(-c3cccnc3)n2)CC1. The van der Waals surface area contributed by atoms with Gasteiger partial charge in [0.2, 0.25) is 5.82 Å². The highest BCUT2D eigenvalue weighted by atomic mass is 16.3. The summed E-state index contributed by atoms with van der Waals surface area (Å²) in [5.41, 5.74) is 0.827. The van der Waals surface area contributed by atoms with Gasteiger partial charge < -0.3 is 10.0 Å². The van der Waals surface area contributed by atoms with E-state index < -0.39 is 6.10 Å². The molecule has 2 aromatic heterocycles. The summed E-state index contributed by atoms with van der Waals surface area (Å²) in [7, 11) is 0. The minimum atomic E-state index is -0.482. The lowest BCUT2D eigenvalue weighted by atomic mass is 9.99. The first-order chi connectivity index (χ1) is 10.7. The molecule has 1 aliphatic rings. The van der Waals surface area contributed by atoms with Crippen molar-refractivity contribution < 1.29 is 5.11 Å². The minimum Gasteiger partial charge on any atom is -0.390 e. The lowest BCUT2D eigenvalue weighted by Crippen LogP contribution is -2.40. The summed E-state index contributed by atoms with van der Waals surface area (Å²) in [4.78, 5) is 7.81. The summed E-state index contributed by atoms with van der Waals surface area (Å²) >= 11 is 0. The fraction of sp³-hybridized carbons (Fsp3) is 0.600. The van der Waals surface area contributed by atoms with E-state index in [1.165, 1.54) is 17.6 Å². The molecule has 1 atom stereocenters. The molecule has 1 N–H and O–H groups in total. The third-order valence-electron chi connectivity index (χ3n) is 4.09. The molecule has 0 saturated carbocycles. The lowest BCUT2D eigenvalue weighted by Gasteiger charge is -2.31. The number of hydrogen-bond acceptors (Lipinski definition) is 6. The second-order valence-corrected chi connectivity index (χ2v) is 6.05. The van der Waals surface area contributed by atoms with Crippen molar-refractivity contribution in [3.05, 3.63) is 24.5 Å². The predicted octanol–water partition coefficient (Wildman–Crippen LogP) is 0.828. The van der Waals surface area contributed by atoms with Gasteiger partial charge in [-0.3, -0.25) is 4.98 Å². The average molecular weight is 302 g/mol. The first-order valence-electron chi connectivity index (χ1n) is 7.79. The third kappa shape index (κ3) is 3.86. The van der Waals surface area contributed by atoms with Crippen molar-refractivity contribution in [1.82, 2.24) is 30.1 Å². The molecule has 0 aliphatic carbocycles. The number of tetrazole rings is 1. The van der Waals surface area contributed by atoms with Crippen molar-refractivity contribution >= 4 is 0 Å². The Labute approximate surface area is 130 Å². The number of likely N-dealkylation sites (tertiary alicyclic amines) is 1. The van der Waals surface area contributed by atoms with Crippen LogP contribution in [0.3, 0.4) is 0 Å². The Morgan fingerprint density at radius 3 is 2.86 bits per heavy atom. The molecule has 0 aromatic carbocycles. The number of piperidine rings is 1. The van der Waals surface area contributed by atoms with Crippen molar-refractivity contribution in [3.63, 3.8) is 0 Å². The monoisotopic (exact) mass is 302 g/mol. The van der Waals surface area contributed by atoms with E-state index in [4.69, 9.17) is 0 Å². The number of β-amino-alcohol motifs (C(OH)–C–C–N with tert-alkyl or cyclic N) is 1. The number of aromatic nitrogens is 5. The standard InChI is InChI=1S/C15H22N6O/c1-12-4-7-20(8-5-12)10-14(22)11-21-18-15(17-19-21)13-3-2-6-16-9-13/h2-3,6,9,12,14,22H,4-5,7-8,10-11H2,1H3. The van der Waals surface area contributed by atoms with Gasteiger partial charge in [-0.15, -0.1) is 10.2 Å². The number of rotatable bonds is 5. The third-order valence-corrected chi connectivity index (χ3v) is 4.09. The molecule has 1 unspecified atom stereocenters. The Balaban J connectivity index is 1.54. The van der Waals surface area contributed by atoms with Gasteiger partial charge >= 0.3 is 0 Å². The van der Waals surface area contributed by atoms with Crippen LogP contribution >= 0.6 is 0 Å². The van der Waals surface area contributed by atoms with Crippen LogP contribution in [0.5, 0.6) is 0 Å². The number of nitrogens with zero attached hydrogens (tertiary/aromatic N) is 6. The average Bonchev–Trinajstić information content (AvgIpc) is 2.99. The lowest BCUT2D eigenvalue weighted by molar-refractivity contribution is 0.0743. The molecular formula is C15H22N6O.